The molecular formula is C11H13IN2O3. The van der Waals surface area contributed by atoms with Crippen LogP contribution in [0.15, 0.2) is 24.3 Å². The molecule has 0 aromatic heterocycles. The molecule has 1 aromatic rings. The molecule has 1 aromatic carbocycles. The number of nitrogens with one attached hydrogen (secondary N) is 2. The van der Waals surface area contributed by atoms with Gasteiger partial charge in [0.1, 0.15) is 0 Å². The lowest BCUT2D eigenvalue weighted by molar-refractivity contribution is -0.136. The van der Waals surface area contributed by atoms with Crippen molar-refractivity contribution in [3.8, 4) is 0 Å². The number of hydrogen-bond donors (Lipinski definition) is 3. The number of aliphatic hydroxyl groups excluding tert-OH is 1. The van der Waals surface area contributed by atoms with E-state index >= 15 is 0 Å². The zero-order chi connectivity index (χ0) is 12.7. The molecule has 0 aliphatic carbocycles. The smallest absolute Gasteiger partial charge is 0.313 e. The average molecular weight is 348 g/mol. The molecule has 0 saturated heterocycles. The predicted molar refractivity (Wildman–Crippen MR) is 72.5 cm³/mol. The summed E-state index contributed by atoms with van der Waals surface area (Å²) in [6.07, 6.45) is 0.433. The van der Waals surface area contributed by atoms with Crippen LogP contribution in [-0.4, -0.2) is 30.1 Å². The van der Waals surface area contributed by atoms with Gasteiger partial charge in [0.25, 0.3) is 0 Å². The van der Waals surface area contributed by atoms with E-state index in [1.54, 1.807) is 12.1 Å². The van der Waals surface area contributed by atoms with Gasteiger partial charge in [-0.3, -0.25) is 9.59 Å². The number of rotatable bonds is 4. The Morgan fingerprint density at radius 1 is 1.18 bits per heavy atom. The van der Waals surface area contributed by atoms with E-state index in [-0.39, 0.29) is 13.2 Å². The first kappa shape index (κ1) is 13.9. The lowest BCUT2D eigenvalue weighted by Gasteiger charge is -2.05. The third kappa shape index (κ3) is 5.14. The van der Waals surface area contributed by atoms with Crippen LogP contribution in [-0.2, 0) is 9.59 Å². The van der Waals surface area contributed by atoms with Crippen LogP contribution in [0.3, 0.4) is 0 Å². The van der Waals surface area contributed by atoms with Crippen LogP contribution in [0.2, 0.25) is 0 Å². The van der Waals surface area contributed by atoms with Gasteiger partial charge in [-0.25, -0.2) is 0 Å². The second kappa shape index (κ2) is 7.23. The first-order valence-corrected chi connectivity index (χ1v) is 6.17. The molecule has 6 heteroatoms. The monoisotopic (exact) mass is 348 g/mol. The summed E-state index contributed by atoms with van der Waals surface area (Å²) in [6, 6.07) is 7.11. The van der Waals surface area contributed by atoms with Crippen molar-refractivity contribution < 1.29 is 14.7 Å². The molecular weight excluding hydrogens is 335 g/mol. The van der Waals surface area contributed by atoms with Gasteiger partial charge in [0.15, 0.2) is 0 Å². The Bertz CT molecular complexity index is 392. The molecule has 17 heavy (non-hydrogen) atoms. The van der Waals surface area contributed by atoms with Gasteiger partial charge in [0, 0.05) is 22.4 Å². The fraction of sp³-hybridized carbons (Fsp3) is 0.273. The minimum atomic E-state index is -0.704. The quantitative estimate of drug-likeness (QED) is 0.427. The van der Waals surface area contributed by atoms with E-state index in [1.165, 1.54) is 0 Å². The van der Waals surface area contributed by atoms with Gasteiger partial charge in [-0.15, -0.1) is 0 Å². The highest BCUT2D eigenvalue weighted by Crippen LogP contribution is 2.10. The van der Waals surface area contributed by atoms with Crippen LogP contribution >= 0.6 is 22.6 Å². The molecule has 0 atom stereocenters. The Morgan fingerprint density at radius 3 is 2.41 bits per heavy atom. The number of benzene rings is 1. The standard InChI is InChI=1S/C11H13IN2O3/c12-8-2-4-9(5-3-8)14-11(17)10(16)13-6-1-7-15/h2-5,15H,1,6-7H2,(H,13,16)(H,14,17). The maximum Gasteiger partial charge on any atom is 0.313 e. The van der Waals surface area contributed by atoms with Crippen LogP contribution in [0, 0.1) is 3.57 Å². The van der Waals surface area contributed by atoms with Gasteiger partial charge in [0.2, 0.25) is 0 Å². The highest BCUT2D eigenvalue weighted by Gasteiger charge is 2.12. The van der Waals surface area contributed by atoms with E-state index in [0.717, 1.165) is 3.57 Å². The van der Waals surface area contributed by atoms with E-state index in [1.807, 2.05) is 12.1 Å². The van der Waals surface area contributed by atoms with Gasteiger partial charge in [-0.1, -0.05) is 0 Å². The molecule has 5 nitrogen and oxygen atoms in total. The van der Waals surface area contributed by atoms with Crippen LogP contribution in [0.1, 0.15) is 6.42 Å². The Kier molecular flexibility index (Phi) is 5.92. The number of halogens is 1. The maximum absolute atomic E-state index is 11.4. The fourth-order valence-corrected chi connectivity index (χ4v) is 1.44. The summed E-state index contributed by atoms with van der Waals surface area (Å²) in [7, 11) is 0. The molecule has 0 radical (unpaired) electrons. The van der Waals surface area contributed by atoms with Crippen LogP contribution in [0.25, 0.3) is 0 Å². The molecule has 0 fully saturated rings. The maximum atomic E-state index is 11.4. The van der Waals surface area contributed by atoms with E-state index in [4.69, 9.17) is 5.11 Å². The van der Waals surface area contributed by atoms with Gasteiger partial charge in [0.05, 0.1) is 0 Å². The zero-order valence-electron chi connectivity index (χ0n) is 9.07. The fourth-order valence-electron chi connectivity index (χ4n) is 1.08. The third-order valence-electron chi connectivity index (χ3n) is 1.93. The Morgan fingerprint density at radius 2 is 1.82 bits per heavy atom. The van der Waals surface area contributed by atoms with Crippen molar-refractivity contribution in [1.82, 2.24) is 5.32 Å². The van der Waals surface area contributed by atoms with Gasteiger partial charge in [-0.2, -0.15) is 0 Å². The summed E-state index contributed by atoms with van der Waals surface area (Å²) in [5, 5.41) is 13.4. The summed E-state index contributed by atoms with van der Waals surface area (Å²) in [5.74, 6) is -1.40. The van der Waals surface area contributed by atoms with Crippen molar-refractivity contribution in [3.05, 3.63) is 27.8 Å². The largest absolute Gasteiger partial charge is 0.396 e. The number of carbonyl (C=O) groups is 2. The number of aliphatic hydroxyl groups is 1. The highest BCUT2D eigenvalue weighted by atomic mass is 127. The Balaban J connectivity index is 2.43. The van der Waals surface area contributed by atoms with Gasteiger partial charge in [-0.05, 0) is 53.3 Å². The Labute approximate surface area is 113 Å². The summed E-state index contributed by atoms with van der Waals surface area (Å²) in [6.45, 7) is 0.272. The topological polar surface area (TPSA) is 78.4 Å². The first-order chi connectivity index (χ1) is 8.13. The highest BCUT2D eigenvalue weighted by molar-refractivity contribution is 14.1. The molecule has 0 aliphatic rings. The van der Waals surface area contributed by atoms with E-state index in [0.29, 0.717) is 12.1 Å². The molecule has 0 unspecified atom stereocenters. The lowest BCUT2D eigenvalue weighted by atomic mass is 10.3. The minimum Gasteiger partial charge on any atom is -0.396 e. The van der Waals surface area contributed by atoms with E-state index < -0.39 is 11.8 Å². The normalized spacial score (nSPS) is 9.76. The van der Waals surface area contributed by atoms with E-state index in [2.05, 4.69) is 33.2 Å². The summed E-state index contributed by atoms with van der Waals surface area (Å²) >= 11 is 2.15. The van der Waals surface area contributed by atoms with Gasteiger partial charge < -0.3 is 15.7 Å². The molecule has 0 spiro atoms. The Hall–Kier alpha value is -1.15. The van der Waals surface area contributed by atoms with Crippen molar-refractivity contribution in [3.63, 3.8) is 0 Å². The van der Waals surface area contributed by atoms with Crippen LogP contribution < -0.4 is 10.6 Å². The number of hydrogen-bond acceptors (Lipinski definition) is 3. The van der Waals surface area contributed by atoms with E-state index in [9.17, 15) is 9.59 Å². The predicted octanol–water partition coefficient (Wildman–Crippen LogP) is 0.728. The molecule has 3 N–H and O–H groups in total. The lowest BCUT2D eigenvalue weighted by Crippen LogP contribution is -2.36. The molecule has 0 saturated carbocycles. The van der Waals surface area contributed by atoms with Crippen molar-refractivity contribution in [1.29, 1.82) is 0 Å². The molecule has 1 rings (SSSR count). The second-order valence-corrected chi connectivity index (χ2v) is 4.54. The molecule has 2 amide bonds. The first-order valence-electron chi connectivity index (χ1n) is 5.09. The van der Waals surface area contributed by atoms with Crippen LogP contribution in [0.5, 0.6) is 0 Å². The second-order valence-electron chi connectivity index (χ2n) is 3.29. The summed E-state index contributed by atoms with van der Waals surface area (Å²) in [4.78, 5) is 22.7. The third-order valence-corrected chi connectivity index (χ3v) is 2.65. The average Bonchev–Trinajstić information content (AvgIpc) is 2.32. The summed E-state index contributed by atoms with van der Waals surface area (Å²) < 4.78 is 1.05. The number of amides is 2. The zero-order valence-corrected chi connectivity index (χ0v) is 11.2. The van der Waals surface area contributed by atoms with Crippen molar-refractivity contribution >= 4 is 40.1 Å². The molecule has 0 heterocycles. The molecule has 92 valence electrons. The number of carbonyl (C=O) groups excluding carboxylic acids is 2. The summed E-state index contributed by atoms with van der Waals surface area (Å²) in [5.41, 5.74) is 0.577. The van der Waals surface area contributed by atoms with Crippen molar-refractivity contribution in [2.24, 2.45) is 0 Å². The SMILES string of the molecule is O=C(NCCCO)C(=O)Nc1ccc(I)cc1. The number of anilines is 1. The van der Waals surface area contributed by atoms with Crippen molar-refractivity contribution in [2.45, 2.75) is 6.42 Å². The van der Waals surface area contributed by atoms with Gasteiger partial charge >= 0.3 is 11.8 Å². The molecule has 0 bridgehead atoms. The van der Waals surface area contributed by atoms with Crippen molar-refractivity contribution in [2.75, 3.05) is 18.5 Å². The molecule has 0 aliphatic heterocycles. The minimum absolute atomic E-state index is 0.0149. The van der Waals surface area contributed by atoms with Crippen LogP contribution in [0.4, 0.5) is 5.69 Å².